The highest BCUT2D eigenvalue weighted by Crippen LogP contribution is 2.09. The molecule has 1 atom stereocenters. The molecule has 0 saturated carbocycles. The fourth-order valence-electron chi connectivity index (χ4n) is 1.13. The summed E-state index contributed by atoms with van der Waals surface area (Å²) in [5.41, 5.74) is 4.49. The number of benzene rings is 1. The molecule has 0 heterocycles. The third kappa shape index (κ3) is 3.36. The van der Waals surface area contributed by atoms with Gasteiger partial charge in [-0.25, -0.2) is 4.79 Å². The molecule has 0 bridgehead atoms. The zero-order chi connectivity index (χ0) is 9.68. The van der Waals surface area contributed by atoms with E-state index in [1.54, 1.807) is 0 Å². The first-order valence-electron chi connectivity index (χ1n) is 4.33. The van der Waals surface area contributed by atoms with Crippen molar-refractivity contribution in [2.75, 3.05) is 6.54 Å². The molecule has 0 saturated heterocycles. The van der Waals surface area contributed by atoms with Gasteiger partial charge in [-0.2, -0.15) is 0 Å². The predicted octanol–water partition coefficient (Wildman–Crippen LogP) is 0.106. The Morgan fingerprint density at radius 3 is 2.62 bits per heavy atom. The Labute approximate surface area is 77.9 Å². The molecule has 0 radical (unpaired) electrons. The van der Waals surface area contributed by atoms with Gasteiger partial charge in [0.15, 0.2) is 0 Å². The van der Waals surface area contributed by atoms with E-state index in [0.717, 1.165) is 0 Å². The Hall–Kier alpha value is -1.19. The van der Waals surface area contributed by atoms with Crippen LogP contribution in [0.25, 0.3) is 0 Å². The van der Waals surface area contributed by atoms with Crippen LogP contribution in [0.15, 0.2) is 30.3 Å². The number of quaternary nitrogens is 1. The van der Waals surface area contributed by atoms with Gasteiger partial charge in [-0.15, -0.1) is 0 Å². The summed E-state index contributed by atoms with van der Waals surface area (Å²) in [7, 11) is 0. The average Bonchev–Trinajstić information content (AvgIpc) is 2.15. The van der Waals surface area contributed by atoms with E-state index < -0.39 is 0 Å². The van der Waals surface area contributed by atoms with Gasteiger partial charge in [0.2, 0.25) is 0 Å². The van der Waals surface area contributed by atoms with E-state index in [1.165, 1.54) is 5.56 Å². The largest absolute Gasteiger partial charge is 0.322 e. The zero-order valence-corrected chi connectivity index (χ0v) is 7.79. The molecule has 0 aliphatic rings. The zero-order valence-electron chi connectivity index (χ0n) is 7.79. The van der Waals surface area contributed by atoms with Crippen molar-refractivity contribution >= 4 is 5.91 Å². The van der Waals surface area contributed by atoms with E-state index in [1.807, 2.05) is 37.3 Å². The van der Waals surface area contributed by atoms with Gasteiger partial charge in [0.25, 0.3) is 0 Å². The maximum atomic E-state index is 10.6. The van der Waals surface area contributed by atoms with Crippen LogP contribution in [-0.2, 0) is 4.79 Å². The van der Waals surface area contributed by atoms with Gasteiger partial charge in [0.05, 0.1) is 0 Å². The van der Waals surface area contributed by atoms with Gasteiger partial charge in [-0.1, -0.05) is 30.3 Å². The minimum atomic E-state index is -0.0808. The first-order valence-corrected chi connectivity index (χ1v) is 4.33. The molecule has 3 heteroatoms. The fourth-order valence-corrected chi connectivity index (χ4v) is 1.13. The maximum Gasteiger partial charge on any atom is 0.322 e. The molecule has 0 spiro atoms. The van der Waals surface area contributed by atoms with Crippen LogP contribution in [0.2, 0.25) is 0 Å². The number of nitrogens with one attached hydrogen (secondary N) is 1. The van der Waals surface area contributed by atoms with Crippen molar-refractivity contribution in [3.8, 4) is 0 Å². The SMILES string of the molecule is CC(NCC([NH3+])=O)c1ccccc1. The lowest BCUT2D eigenvalue weighted by Crippen LogP contribution is -2.60. The van der Waals surface area contributed by atoms with E-state index >= 15 is 0 Å². The third-order valence-corrected chi connectivity index (χ3v) is 1.90. The second kappa shape index (κ2) is 4.74. The van der Waals surface area contributed by atoms with E-state index in [0.29, 0.717) is 6.54 Å². The lowest BCUT2D eigenvalue weighted by Gasteiger charge is -2.11. The Morgan fingerprint density at radius 1 is 1.46 bits per heavy atom. The fraction of sp³-hybridized carbons (Fsp3) is 0.300. The van der Waals surface area contributed by atoms with Crippen molar-refractivity contribution in [1.29, 1.82) is 0 Å². The minimum Gasteiger partial charge on any atom is -0.298 e. The van der Waals surface area contributed by atoms with Crippen LogP contribution in [0.4, 0.5) is 0 Å². The molecular weight excluding hydrogens is 164 g/mol. The number of hydrogen-bond acceptors (Lipinski definition) is 2. The molecule has 70 valence electrons. The second-order valence-corrected chi connectivity index (χ2v) is 3.05. The molecule has 1 rings (SSSR count). The monoisotopic (exact) mass is 179 g/mol. The van der Waals surface area contributed by atoms with E-state index in [-0.39, 0.29) is 11.9 Å². The number of carbonyl (C=O) groups is 1. The molecule has 1 amide bonds. The van der Waals surface area contributed by atoms with Crippen LogP contribution in [0, 0.1) is 0 Å². The van der Waals surface area contributed by atoms with E-state index in [4.69, 9.17) is 0 Å². The predicted molar refractivity (Wildman–Crippen MR) is 50.8 cm³/mol. The standard InChI is InChI=1S/C10H14N2O/c1-8(12-7-10(11)13)9-5-3-2-4-6-9/h2-6,8,12H,7H2,1H3,(H2,11,13)/p+1. The minimum absolute atomic E-state index is 0.0808. The van der Waals surface area contributed by atoms with E-state index in [9.17, 15) is 4.79 Å². The lowest BCUT2D eigenvalue weighted by molar-refractivity contribution is -0.304. The number of rotatable bonds is 4. The van der Waals surface area contributed by atoms with Crippen LogP contribution < -0.4 is 11.1 Å². The summed E-state index contributed by atoms with van der Waals surface area (Å²) in [5.74, 6) is -0.0808. The Balaban J connectivity index is 2.49. The van der Waals surface area contributed by atoms with Crippen LogP contribution in [-0.4, -0.2) is 12.5 Å². The second-order valence-electron chi connectivity index (χ2n) is 3.05. The van der Waals surface area contributed by atoms with Gasteiger partial charge in [0.1, 0.15) is 6.54 Å². The van der Waals surface area contributed by atoms with Crippen molar-refractivity contribution < 1.29 is 10.5 Å². The van der Waals surface area contributed by atoms with Gasteiger partial charge in [-0.3, -0.25) is 11.1 Å². The van der Waals surface area contributed by atoms with Crippen molar-refractivity contribution in [3.05, 3.63) is 35.9 Å². The summed E-state index contributed by atoms with van der Waals surface area (Å²) in [6.45, 7) is 2.36. The highest BCUT2D eigenvalue weighted by Gasteiger charge is 2.05. The molecule has 3 nitrogen and oxygen atoms in total. The van der Waals surface area contributed by atoms with E-state index in [2.05, 4.69) is 11.1 Å². The summed E-state index contributed by atoms with van der Waals surface area (Å²) < 4.78 is 0. The molecule has 0 aliphatic heterocycles. The Bertz CT molecular complexity index is 272. The van der Waals surface area contributed by atoms with Crippen LogP contribution in [0.1, 0.15) is 18.5 Å². The van der Waals surface area contributed by atoms with Crippen molar-refractivity contribution in [2.45, 2.75) is 13.0 Å². The Morgan fingerprint density at radius 2 is 2.08 bits per heavy atom. The van der Waals surface area contributed by atoms with Gasteiger partial charge >= 0.3 is 5.91 Å². The number of hydrogen-bond donors (Lipinski definition) is 2. The van der Waals surface area contributed by atoms with Crippen molar-refractivity contribution in [3.63, 3.8) is 0 Å². The van der Waals surface area contributed by atoms with Gasteiger partial charge in [0, 0.05) is 6.04 Å². The molecule has 1 aromatic carbocycles. The molecule has 0 aliphatic carbocycles. The van der Waals surface area contributed by atoms with Crippen molar-refractivity contribution in [1.82, 2.24) is 5.32 Å². The highest BCUT2D eigenvalue weighted by molar-refractivity contribution is 5.66. The first kappa shape index (κ1) is 9.89. The molecule has 1 unspecified atom stereocenters. The smallest absolute Gasteiger partial charge is 0.298 e. The topological polar surface area (TPSA) is 56.7 Å². The quantitative estimate of drug-likeness (QED) is 0.689. The highest BCUT2D eigenvalue weighted by atomic mass is 16.1. The number of amides is 1. The molecule has 0 aromatic heterocycles. The van der Waals surface area contributed by atoms with Gasteiger partial charge < -0.3 is 0 Å². The summed E-state index contributed by atoms with van der Waals surface area (Å²) in [5, 5.41) is 3.09. The summed E-state index contributed by atoms with van der Waals surface area (Å²) in [6, 6.07) is 10.2. The Kier molecular flexibility index (Phi) is 3.61. The van der Waals surface area contributed by atoms with Gasteiger partial charge in [-0.05, 0) is 12.5 Å². The molecule has 4 N–H and O–H groups in total. The number of carbonyl (C=O) groups excluding carboxylic acids is 1. The molecule has 1 aromatic rings. The molecule has 0 fully saturated rings. The summed E-state index contributed by atoms with van der Waals surface area (Å²) in [4.78, 5) is 10.6. The van der Waals surface area contributed by atoms with Crippen LogP contribution >= 0.6 is 0 Å². The molecule has 13 heavy (non-hydrogen) atoms. The normalized spacial score (nSPS) is 12.5. The van der Waals surface area contributed by atoms with Crippen LogP contribution in [0.3, 0.4) is 0 Å². The first-order chi connectivity index (χ1) is 6.20. The summed E-state index contributed by atoms with van der Waals surface area (Å²) in [6.07, 6.45) is 0. The van der Waals surface area contributed by atoms with Crippen LogP contribution in [0.5, 0.6) is 0 Å². The third-order valence-electron chi connectivity index (χ3n) is 1.90. The van der Waals surface area contributed by atoms with Crippen molar-refractivity contribution in [2.24, 2.45) is 0 Å². The lowest BCUT2D eigenvalue weighted by atomic mass is 10.1. The maximum absolute atomic E-state index is 10.6. The molecular formula is C10H15N2O+. The average molecular weight is 179 g/mol. The summed E-state index contributed by atoms with van der Waals surface area (Å²) >= 11 is 0.